The number of carbonyl (C=O) groups is 1. The topological polar surface area (TPSA) is 68.0 Å². The van der Waals surface area contributed by atoms with Gasteiger partial charge in [-0.1, -0.05) is 0 Å². The lowest BCUT2D eigenvalue weighted by atomic mass is 10.1. The number of nitrogens with zero attached hydrogens (tertiary/aromatic N) is 1. The van der Waals surface area contributed by atoms with Crippen molar-refractivity contribution in [3.05, 3.63) is 65.2 Å². The van der Waals surface area contributed by atoms with Crippen LogP contribution < -0.4 is 11.1 Å². The molecule has 0 aliphatic rings. The maximum Gasteiger partial charge on any atom is 0.248 e. The Bertz CT molecular complexity index is 601. The second-order valence-corrected chi connectivity index (χ2v) is 4.55. The van der Waals surface area contributed by atoms with Crippen molar-refractivity contribution < 1.29 is 9.18 Å². The minimum Gasteiger partial charge on any atom is -0.366 e. The highest BCUT2D eigenvalue weighted by atomic mass is 19.1. The van der Waals surface area contributed by atoms with E-state index in [2.05, 4.69) is 10.3 Å². The zero-order valence-corrected chi connectivity index (χ0v) is 11.1. The molecule has 5 heteroatoms. The molecule has 2 rings (SSSR count). The van der Waals surface area contributed by atoms with Crippen LogP contribution in [0, 0.1) is 5.82 Å². The molecule has 1 aromatic carbocycles. The Balaban J connectivity index is 2.07. The number of aromatic nitrogens is 1. The summed E-state index contributed by atoms with van der Waals surface area (Å²) in [5.74, 6) is -0.919. The van der Waals surface area contributed by atoms with Crippen LogP contribution in [0.5, 0.6) is 0 Å². The van der Waals surface area contributed by atoms with Crippen molar-refractivity contribution in [3.63, 3.8) is 0 Å². The number of pyridine rings is 1. The van der Waals surface area contributed by atoms with Crippen molar-refractivity contribution in [2.75, 3.05) is 0 Å². The van der Waals surface area contributed by atoms with Crippen molar-refractivity contribution in [1.82, 2.24) is 10.3 Å². The molecule has 1 atom stereocenters. The van der Waals surface area contributed by atoms with Crippen LogP contribution in [0.2, 0.25) is 0 Å². The number of benzene rings is 1. The Hall–Kier alpha value is -2.27. The molecule has 0 saturated heterocycles. The molecular formula is C15H16FN3O. The normalized spacial score (nSPS) is 12.1. The van der Waals surface area contributed by atoms with Crippen LogP contribution in [0.1, 0.15) is 34.5 Å². The molecule has 0 radical (unpaired) electrons. The molecular weight excluding hydrogens is 257 g/mol. The summed E-state index contributed by atoms with van der Waals surface area (Å²) < 4.78 is 13.7. The lowest BCUT2D eigenvalue weighted by Crippen LogP contribution is -2.19. The minimum atomic E-state index is -0.562. The maximum atomic E-state index is 13.7. The smallest absolute Gasteiger partial charge is 0.248 e. The van der Waals surface area contributed by atoms with E-state index in [1.54, 1.807) is 12.4 Å². The van der Waals surface area contributed by atoms with E-state index in [-0.39, 0.29) is 11.9 Å². The second kappa shape index (κ2) is 6.25. The fraction of sp³-hybridized carbons (Fsp3) is 0.200. The average Bonchev–Trinajstić information content (AvgIpc) is 2.46. The number of rotatable bonds is 5. The van der Waals surface area contributed by atoms with Gasteiger partial charge in [0.25, 0.3) is 0 Å². The molecule has 104 valence electrons. The number of amides is 1. The molecule has 20 heavy (non-hydrogen) atoms. The van der Waals surface area contributed by atoms with Crippen molar-refractivity contribution in [1.29, 1.82) is 0 Å². The summed E-state index contributed by atoms with van der Waals surface area (Å²) in [6.45, 7) is 2.29. The third-order valence-electron chi connectivity index (χ3n) is 3.14. The predicted octanol–water partition coefficient (Wildman–Crippen LogP) is 2.17. The Morgan fingerprint density at radius 3 is 2.70 bits per heavy atom. The Labute approximate surface area is 116 Å². The van der Waals surface area contributed by atoms with Gasteiger partial charge in [-0.15, -0.1) is 0 Å². The lowest BCUT2D eigenvalue weighted by Gasteiger charge is -2.14. The van der Waals surface area contributed by atoms with Crippen LogP contribution in [0.4, 0.5) is 4.39 Å². The molecule has 3 N–H and O–H groups in total. The zero-order chi connectivity index (χ0) is 14.5. The van der Waals surface area contributed by atoms with Crippen LogP contribution >= 0.6 is 0 Å². The van der Waals surface area contributed by atoms with Crippen LogP contribution in [-0.4, -0.2) is 10.9 Å². The zero-order valence-electron chi connectivity index (χ0n) is 11.1. The molecule has 0 aliphatic heterocycles. The first-order chi connectivity index (χ1) is 9.58. The fourth-order valence-electron chi connectivity index (χ4n) is 1.90. The van der Waals surface area contributed by atoms with E-state index in [0.29, 0.717) is 17.7 Å². The van der Waals surface area contributed by atoms with Gasteiger partial charge in [0, 0.05) is 36.1 Å². The summed E-state index contributed by atoms with van der Waals surface area (Å²) >= 11 is 0. The van der Waals surface area contributed by atoms with Gasteiger partial charge in [0.1, 0.15) is 5.82 Å². The highest BCUT2D eigenvalue weighted by Gasteiger charge is 2.09. The van der Waals surface area contributed by atoms with Crippen LogP contribution in [0.3, 0.4) is 0 Å². The van der Waals surface area contributed by atoms with Gasteiger partial charge in [-0.2, -0.15) is 0 Å². The summed E-state index contributed by atoms with van der Waals surface area (Å²) in [7, 11) is 0. The van der Waals surface area contributed by atoms with Gasteiger partial charge in [-0.3, -0.25) is 9.78 Å². The average molecular weight is 273 g/mol. The highest BCUT2D eigenvalue weighted by Crippen LogP contribution is 2.14. The van der Waals surface area contributed by atoms with E-state index in [1.165, 1.54) is 18.2 Å². The lowest BCUT2D eigenvalue weighted by molar-refractivity contribution is 0.1000. The number of hydrogen-bond donors (Lipinski definition) is 2. The van der Waals surface area contributed by atoms with Gasteiger partial charge in [-0.05, 0) is 42.8 Å². The number of halogens is 1. The molecule has 0 saturated carbocycles. The van der Waals surface area contributed by atoms with Crippen LogP contribution in [-0.2, 0) is 6.54 Å². The number of nitrogens with one attached hydrogen (secondary N) is 1. The van der Waals surface area contributed by atoms with E-state index in [1.807, 2.05) is 19.1 Å². The first kappa shape index (κ1) is 14.1. The van der Waals surface area contributed by atoms with Crippen molar-refractivity contribution in [2.24, 2.45) is 5.73 Å². The van der Waals surface area contributed by atoms with Crippen LogP contribution in [0.25, 0.3) is 0 Å². The quantitative estimate of drug-likeness (QED) is 0.877. The molecule has 1 amide bonds. The van der Waals surface area contributed by atoms with Crippen molar-refractivity contribution >= 4 is 5.91 Å². The standard InChI is InChI=1S/C15H16FN3O/c1-10(11-4-6-18-7-5-11)19-9-13-8-12(15(17)20)2-3-14(13)16/h2-8,10,19H,9H2,1H3,(H2,17,20)/t10-/m0/s1. The molecule has 4 nitrogen and oxygen atoms in total. The van der Waals surface area contributed by atoms with Gasteiger partial charge < -0.3 is 11.1 Å². The molecule has 0 spiro atoms. The third-order valence-corrected chi connectivity index (χ3v) is 3.14. The Morgan fingerprint density at radius 1 is 1.35 bits per heavy atom. The first-order valence-corrected chi connectivity index (χ1v) is 6.29. The summed E-state index contributed by atoms with van der Waals surface area (Å²) in [5.41, 5.74) is 6.98. The third kappa shape index (κ3) is 3.39. The van der Waals surface area contributed by atoms with Gasteiger partial charge >= 0.3 is 0 Å². The number of primary amides is 1. The Kier molecular flexibility index (Phi) is 4.42. The number of carbonyl (C=O) groups excluding carboxylic acids is 1. The first-order valence-electron chi connectivity index (χ1n) is 6.29. The van der Waals surface area contributed by atoms with Gasteiger partial charge in [0.2, 0.25) is 5.91 Å². The molecule has 0 fully saturated rings. The summed E-state index contributed by atoms with van der Waals surface area (Å²) in [6.07, 6.45) is 3.42. The van der Waals surface area contributed by atoms with E-state index in [9.17, 15) is 9.18 Å². The largest absolute Gasteiger partial charge is 0.366 e. The predicted molar refractivity (Wildman–Crippen MR) is 74.4 cm³/mol. The molecule has 2 aromatic rings. The second-order valence-electron chi connectivity index (χ2n) is 4.55. The minimum absolute atomic E-state index is 0.0506. The van der Waals surface area contributed by atoms with Gasteiger partial charge in [-0.25, -0.2) is 4.39 Å². The number of hydrogen-bond acceptors (Lipinski definition) is 3. The summed E-state index contributed by atoms with van der Waals surface area (Å²) in [6, 6.07) is 7.96. The van der Waals surface area contributed by atoms with Crippen molar-refractivity contribution in [3.8, 4) is 0 Å². The van der Waals surface area contributed by atoms with E-state index >= 15 is 0 Å². The number of nitrogens with two attached hydrogens (primary N) is 1. The van der Waals surface area contributed by atoms with E-state index in [0.717, 1.165) is 5.56 Å². The monoisotopic (exact) mass is 273 g/mol. The molecule has 0 aliphatic carbocycles. The SMILES string of the molecule is C[C@H](NCc1cc(C(N)=O)ccc1F)c1ccncc1. The highest BCUT2D eigenvalue weighted by molar-refractivity contribution is 5.92. The van der Waals surface area contributed by atoms with Crippen molar-refractivity contribution in [2.45, 2.75) is 19.5 Å². The maximum absolute atomic E-state index is 13.7. The molecule has 1 heterocycles. The summed E-state index contributed by atoms with van der Waals surface area (Å²) in [5, 5.41) is 3.20. The fourth-order valence-corrected chi connectivity index (χ4v) is 1.90. The van der Waals surface area contributed by atoms with Crippen LogP contribution in [0.15, 0.2) is 42.7 Å². The van der Waals surface area contributed by atoms with E-state index < -0.39 is 5.91 Å². The Morgan fingerprint density at radius 2 is 2.05 bits per heavy atom. The van der Waals surface area contributed by atoms with Gasteiger partial charge in [0.05, 0.1) is 0 Å². The molecule has 0 unspecified atom stereocenters. The van der Waals surface area contributed by atoms with E-state index in [4.69, 9.17) is 5.73 Å². The summed E-state index contributed by atoms with van der Waals surface area (Å²) in [4.78, 5) is 15.0. The molecule has 0 bridgehead atoms. The molecule has 1 aromatic heterocycles. The van der Waals surface area contributed by atoms with Gasteiger partial charge in [0.15, 0.2) is 0 Å².